The van der Waals surface area contributed by atoms with E-state index in [9.17, 15) is 0 Å². The van der Waals surface area contributed by atoms with Crippen LogP contribution in [0, 0.1) is 47.4 Å². The quantitative estimate of drug-likeness (QED) is 0.0321. The highest BCUT2D eigenvalue weighted by atomic mass is 14.5. The van der Waals surface area contributed by atoms with Gasteiger partial charge in [-0.2, -0.15) is 0 Å². The molecule has 0 fully saturated rings. The molecule has 0 heterocycles. The van der Waals surface area contributed by atoms with E-state index in [-0.39, 0.29) is 10.8 Å². The van der Waals surface area contributed by atoms with Crippen LogP contribution in [0.1, 0.15) is 249 Å². The van der Waals surface area contributed by atoms with Crippen LogP contribution in [0.4, 0.5) is 0 Å². The minimum absolute atomic E-state index is 0.148. The predicted molar refractivity (Wildman–Crippen MR) is 447 cm³/mol. The van der Waals surface area contributed by atoms with Crippen molar-refractivity contribution in [1.29, 1.82) is 0 Å². The topological polar surface area (TPSA) is 0 Å². The van der Waals surface area contributed by atoms with Crippen LogP contribution >= 0.6 is 0 Å². The molecular formula is C104H98. The molecule has 0 aromatic heterocycles. The molecule has 0 nitrogen and oxygen atoms in total. The van der Waals surface area contributed by atoms with E-state index in [4.69, 9.17) is 0 Å². The molecule has 0 saturated carbocycles. The molecule has 514 valence electrons. The molecule has 0 radical (unpaired) electrons. The molecule has 15 rings (SSSR count). The lowest BCUT2D eigenvalue weighted by atomic mass is 9.70. The van der Waals surface area contributed by atoms with Gasteiger partial charge in [-0.15, -0.1) is 0 Å². The zero-order chi connectivity index (χ0) is 70.7. The molecule has 0 amide bonds. The molecule has 2 aliphatic carbocycles. The van der Waals surface area contributed by atoms with Crippen LogP contribution < -0.4 is 0 Å². The van der Waals surface area contributed by atoms with Gasteiger partial charge >= 0.3 is 0 Å². The fraction of sp³-hybridized carbons (Fsp3) is 0.288. The van der Waals surface area contributed by atoms with Gasteiger partial charge in [0, 0.05) is 55.3 Å². The summed E-state index contributed by atoms with van der Waals surface area (Å²) in [6, 6.07) is 86.0. The standard InChI is InChI=1S/C104H98/c1-5-9-13-17-33-65-103(66-34-18-14-10-6-2)99-69-75(49-57-91-83-41-25-21-37-79(83)73-80-38-22-26-42-84(80)91)53-61-95(99)97-63-55-77(71-101(97)103)51-59-93-87-45-29-31-47-89(87)94(90-48-32-30-46-88(90)93)60-52-78-56-64-98-96-62-54-76(50-58-92-85-43-27-23-39-81(85)74-82-40-24-28-44-86(82)92)70-100(96)104(102(98)72-78,67-35-19-15-11-7-3)68-36-20-16-12-8-4/h21-32,37-48,53-56,61-64,69-74H,5-20,33-36,65-68H2,1-4H3. The van der Waals surface area contributed by atoms with Crippen molar-refractivity contribution >= 4 is 64.6 Å². The van der Waals surface area contributed by atoms with Gasteiger partial charge in [0.25, 0.3) is 0 Å². The van der Waals surface area contributed by atoms with Gasteiger partial charge in [0.15, 0.2) is 0 Å². The van der Waals surface area contributed by atoms with Crippen LogP contribution in [-0.4, -0.2) is 0 Å². The number of hydrogen-bond donors (Lipinski definition) is 0. The summed E-state index contributed by atoms with van der Waals surface area (Å²) in [5.74, 6) is 30.6. The average molecular weight is 1350 g/mol. The summed E-state index contributed by atoms with van der Waals surface area (Å²) in [5, 5.41) is 14.3. The molecular weight excluding hydrogens is 1250 g/mol. The van der Waals surface area contributed by atoms with Gasteiger partial charge in [-0.05, 0) is 195 Å². The van der Waals surface area contributed by atoms with E-state index >= 15 is 0 Å². The van der Waals surface area contributed by atoms with Gasteiger partial charge in [0.1, 0.15) is 0 Å². The van der Waals surface area contributed by atoms with Gasteiger partial charge < -0.3 is 0 Å². The highest BCUT2D eigenvalue weighted by molar-refractivity contribution is 6.10. The summed E-state index contributed by atoms with van der Waals surface area (Å²) in [4.78, 5) is 0. The second-order valence-electron chi connectivity index (χ2n) is 30.1. The minimum Gasteiger partial charge on any atom is -0.0654 e. The van der Waals surface area contributed by atoms with Crippen LogP contribution in [0.3, 0.4) is 0 Å². The molecule has 0 unspecified atom stereocenters. The van der Waals surface area contributed by atoms with E-state index in [0.29, 0.717) is 0 Å². The lowest BCUT2D eigenvalue weighted by Crippen LogP contribution is -2.26. The average Bonchev–Trinajstić information content (AvgIpc) is 1.56. The smallest absolute Gasteiger partial charge is 0.0406 e. The van der Waals surface area contributed by atoms with E-state index in [1.165, 1.54) is 216 Å². The Balaban J connectivity index is 0.801. The van der Waals surface area contributed by atoms with E-state index in [0.717, 1.165) is 91.7 Å². The van der Waals surface area contributed by atoms with E-state index in [1.807, 2.05) is 0 Å². The maximum absolute atomic E-state index is 3.90. The van der Waals surface area contributed by atoms with Crippen LogP contribution in [0.5, 0.6) is 0 Å². The van der Waals surface area contributed by atoms with Gasteiger partial charge in [-0.25, -0.2) is 0 Å². The SMILES string of the molecule is CCCCCCCC1(CCCCCCC)c2cc(C#Cc3c4ccccc4cc4ccccc34)ccc2-c2ccc(C#Cc3c4ccccc4c(C#Cc4ccc5c(c4)C(CCCCCCC)(CCCCCCC)c4cc(C#Cc6c7ccccc7cc7ccccc67)ccc4-5)c4ccccc34)cc21. The lowest BCUT2D eigenvalue weighted by molar-refractivity contribution is 0.399. The fourth-order valence-electron chi connectivity index (χ4n) is 18.0. The molecule has 0 aliphatic heterocycles. The van der Waals surface area contributed by atoms with Gasteiger partial charge in [-0.1, -0.05) is 373 Å². The van der Waals surface area contributed by atoms with Crippen molar-refractivity contribution in [1.82, 2.24) is 0 Å². The zero-order valence-corrected chi connectivity index (χ0v) is 61.9. The Labute approximate surface area is 620 Å². The molecule has 2 aliphatic rings. The van der Waals surface area contributed by atoms with Gasteiger partial charge in [-0.3, -0.25) is 0 Å². The lowest BCUT2D eigenvalue weighted by Gasteiger charge is -2.33. The summed E-state index contributed by atoms with van der Waals surface area (Å²) < 4.78 is 0. The van der Waals surface area contributed by atoms with Crippen LogP contribution in [0.25, 0.3) is 86.9 Å². The molecule has 13 aromatic rings. The number of rotatable bonds is 24. The first-order valence-corrected chi connectivity index (χ1v) is 39.8. The summed E-state index contributed by atoms with van der Waals surface area (Å²) in [5.41, 5.74) is 19.5. The second-order valence-corrected chi connectivity index (χ2v) is 30.1. The molecule has 13 aromatic carbocycles. The first-order valence-electron chi connectivity index (χ1n) is 39.8. The summed E-state index contributed by atoms with van der Waals surface area (Å²) >= 11 is 0. The molecule has 0 N–H and O–H groups in total. The first kappa shape index (κ1) is 69.4. The minimum atomic E-state index is -0.148. The van der Waals surface area contributed by atoms with E-state index in [2.05, 4.69) is 306 Å². The Bertz CT molecular complexity index is 5080. The summed E-state index contributed by atoms with van der Waals surface area (Å²) in [7, 11) is 0. The molecule has 0 saturated heterocycles. The predicted octanol–water partition coefficient (Wildman–Crippen LogP) is 28.2. The molecule has 0 bridgehead atoms. The van der Waals surface area contributed by atoms with Crippen molar-refractivity contribution in [2.24, 2.45) is 0 Å². The number of hydrogen-bond acceptors (Lipinski definition) is 0. The van der Waals surface area contributed by atoms with Crippen molar-refractivity contribution in [3.05, 3.63) is 297 Å². The van der Waals surface area contributed by atoms with E-state index in [1.54, 1.807) is 0 Å². The Kier molecular flexibility index (Phi) is 21.4. The first-order chi connectivity index (χ1) is 51.4. The van der Waals surface area contributed by atoms with Gasteiger partial charge in [0.05, 0.1) is 0 Å². The highest BCUT2D eigenvalue weighted by Crippen LogP contribution is 2.57. The highest BCUT2D eigenvalue weighted by Gasteiger charge is 2.44. The van der Waals surface area contributed by atoms with Crippen molar-refractivity contribution in [2.75, 3.05) is 0 Å². The maximum Gasteiger partial charge on any atom is 0.0406 e. The number of fused-ring (bicyclic) bond motifs is 12. The molecule has 0 atom stereocenters. The van der Waals surface area contributed by atoms with Crippen LogP contribution in [0.2, 0.25) is 0 Å². The monoisotopic (exact) mass is 1350 g/mol. The Morgan fingerprint density at radius 1 is 0.202 bits per heavy atom. The van der Waals surface area contributed by atoms with Crippen LogP contribution in [0.15, 0.2) is 231 Å². The zero-order valence-electron chi connectivity index (χ0n) is 61.9. The summed E-state index contributed by atoms with van der Waals surface area (Å²) in [6.07, 6.45) is 29.4. The van der Waals surface area contributed by atoms with Crippen molar-refractivity contribution in [3.8, 4) is 69.6 Å². The third-order valence-corrected chi connectivity index (χ3v) is 23.4. The summed E-state index contributed by atoms with van der Waals surface area (Å²) in [6.45, 7) is 9.31. The normalized spacial score (nSPS) is 12.8. The van der Waals surface area contributed by atoms with Crippen molar-refractivity contribution < 1.29 is 0 Å². The van der Waals surface area contributed by atoms with Crippen molar-refractivity contribution in [2.45, 2.75) is 193 Å². The molecule has 0 spiro atoms. The van der Waals surface area contributed by atoms with Crippen LogP contribution in [-0.2, 0) is 10.8 Å². The molecule has 0 heteroatoms. The third-order valence-electron chi connectivity index (χ3n) is 23.4. The van der Waals surface area contributed by atoms with E-state index < -0.39 is 0 Å². The maximum atomic E-state index is 3.90. The number of benzene rings is 13. The molecule has 104 heavy (non-hydrogen) atoms. The third kappa shape index (κ3) is 14.0. The Morgan fingerprint density at radius 3 is 0.654 bits per heavy atom. The Morgan fingerprint density at radius 2 is 0.413 bits per heavy atom. The second kappa shape index (κ2) is 32.1. The largest absolute Gasteiger partial charge is 0.0654 e. The van der Waals surface area contributed by atoms with Gasteiger partial charge in [0.2, 0.25) is 0 Å². The fourth-order valence-corrected chi connectivity index (χ4v) is 18.0. The Hall–Kier alpha value is -10.3. The number of unbranched alkanes of at least 4 members (excludes halogenated alkanes) is 16. The van der Waals surface area contributed by atoms with Crippen molar-refractivity contribution in [3.63, 3.8) is 0 Å².